The normalized spacial score (nSPS) is 13.0. The van der Waals surface area contributed by atoms with Crippen LogP contribution in [0.2, 0.25) is 0 Å². The first-order chi connectivity index (χ1) is 7.20. The molecule has 4 heteroatoms. The standard InChI is InChI=1S/C11H10BrClS2/c1-2-7-3-4-8(14-7)11(13)9-5-6-10(12)15-9/h3-6,11H,2H2,1H3. The van der Waals surface area contributed by atoms with E-state index in [0.29, 0.717) is 0 Å². The Labute approximate surface area is 111 Å². The highest BCUT2D eigenvalue weighted by Gasteiger charge is 2.14. The Hall–Kier alpha value is 0.170. The van der Waals surface area contributed by atoms with Crippen molar-refractivity contribution in [1.82, 2.24) is 0 Å². The summed E-state index contributed by atoms with van der Waals surface area (Å²) in [5.41, 5.74) is 0. The average Bonchev–Trinajstić information content (AvgIpc) is 2.84. The number of halogens is 2. The Kier molecular flexibility index (Phi) is 3.88. The zero-order valence-corrected chi connectivity index (χ0v) is 12.1. The second-order valence-electron chi connectivity index (χ2n) is 3.16. The molecule has 2 aromatic rings. The molecule has 2 aromatic heterocycles. The molecule has 0 nitrogen and oxygen atoms in total. The van der Waals surface area contributed by atoms with Crippen molar-refractivity contribution in [3.05, 3.63) is 42.7 Å². The predicted octanol–water partition coefficient (Wildman–Crippen LogP) is 5.46. The lowest BCUT2D eigenvalue weighted by Gasteiger charge is -2.02. The van der Waals surface area contributed by atoms with Gasteiger partial charge in [0.2, 0.25) is 0 Å². The van der Waals surface area contributed by atoms with Gasteiger partial charge in [0.05, 0.1) is 3.79 Å². The molecule has 0 N–H and O–H groups in total. The molecule has 0 aromatic carbocycles. The van der Waals surface area contributed by atoms with E-state index in [1.165, 1.54) is 14.6 Å². The highest BCUT2D eigenvalue weighted by atomic mass is 79.9. The molecule has 2 heterocycles. The summed E-state index contributed by atoms with van der Waals surface area (Å²) in [4.78, 5) is 3.84. The van der Waals surface area contributed by atoms with E-state index in [2.05, 4.69) is 41.1 Å². The van der Waals surface area contributed by atoms with E-state index in [9.17, 15) is 0 Å². The van der Waals surface area contributed by atoms with Crippen LogP contribution >= 0.6 is 50.2 Å². The summed E-state index contributed by atoms with van der Waals surface area (Å²) in [6.07, 6.45) is 1.09. The van der Waals surface area contributed by atoms with E-state index in [1.807, 2.05) is 6.07 Å². The van der Waals surface area contributed by atoms with E-state index < -0.39 is 0 Å². The zero-order valence-electron chi connectivity index (χ0n) is 8.17. The number of alkyl halides is 1. The van der Waals surface area contributed by atoms with E-state index >= 15 is 0 Å². The van der Waals surface area contributed by atoms with Crippen molar-refractivity contribution in [3.63, 3.8) is 0 Å². The molecule has 0 saturated carbocycles. The SMILES string of the molecule is CCc1ccc(C(Cl)c2ccc(Br)s2)s1. The second-order valence-corrected chi connectivity index (χ2v) is 7.29. The van der Waals surface area contributed by atoms with Gasteiger partial charge < -0.3 is 0 Å². The van der Waals surface area contributed by atoms with Crippen LogP contribution in [-0.2, 0) is 6.42 Å². The summed E-state index contributed by atoms with van der Waals surface area (Å²) in [7, 11) is 0. The highest BCUT2D eigenvalue weighted by molar-refractivity contribution is 9.11. The molecule has 0 radical (unpaired) electrons. The van der Waals surface area contributed by atoms with Crippen LogP contribution in [0, 0.1) is 0 Å². The van der Waals surface area contributed by atoms with Gasteiger partial charge in [-0.3, -0.25) is 0 Å². The van der Waals surface area contributed by atoms with E-state index in [1.54, 1.807) is 22.7 Å². The van der Waals surface area contributed by atoms with Crippen molar-refractivity contribution >= 4 is 50.2 Å². The van der Waals surface area contributed by atoms with Crippen molar-refractivity contribution < 1.29 is 0 Å². The lowest BCUT2D eigenvalue weighted by molar-refractivity contribution is 1.19. The quantitative estimate of drug-likeness (QED) is 0.658. The molecule has 0 spiro atoms. The van der Waals surface area contributed by atoms with Crippen LogP contribution in [0.3, 0.4) is 0 Å². The molecule has 0 aliphatic carbocycles. The van der Waals surface area contributed by atoms with Crippen molar-refractivity contribution in [2.75, 3.05) is 0 Å². The van der Waals surface area contributed by atoms with Gasteiger partial charge in [-0.15, -0.1) is 34.3 Å². The minimum atomic E-state index is 0.00611. The second kappa shape index (κ2) is 5.00. The van der Waals surface area contributed by atoms with Gasteiger partial charge in [-0.05, 0) is 46.6 Å². The summed E-state index contributed by atoms with van der Waals surface area (Å²) < 4.78 is 1.13. The fraction of sp³-hybridized carbons (Fsp3) is 0.273. The Balaban J connectivity index is 2.23. The van der Waals surface area contributed by atoms with Crippen molar-refractivity contribution in [1.29, 1.82) is 0 Å². The fourth-order valence-electron chi connectivity index (χ4n) is 1.33. The van der Waals surface area contributed by atoms with Gasteiger partial charge in [0, 0.05) is 14.6 Å². The number of rotatable bonds is 3. The molecule has 0 saturated heterocycles. The maximum Gasteiger partial charge on any atom is 0.102 e. The van der Waals surface area contributed by atoms with E-state index in [-0.39, 0.29) is 5.38 Å². The van der Waals surface area contributed by atoms with Gasteiger partial charge in [0.25, 0.3) is 0 Å². The van der Waals surface area contributed by atoms with Gasteiger partial charge >= 0.3 is 0 Å². The third-order valence-electron chi connectivity index (χ3n) is 2.12. The number of hydrogen-bond donors (Lipinski definition) is 0. The summed E-state index contributed by atoms with van der Waals surface area (Å²) in [5.74, 6) is 0. The van der Waals surface area contributed by atoms with Crippen LogP contribution in [0.1, 0.15) is 26.9 Å². The van der Waals surface area contributed by atoms with Gasteiger partial charge in [-0.1, -0.05) is 6.92 Å². The lowest BCUT2D eigenvalue weighted by atomic mass is 10.3. The topological polar surface area (TPSA) is 0 Å². The van der Waals surface area contributed by atoms with Crippen molar-refractivity contribution in [2.24, 2.45) is 0 Å². The average molecular weight is 322 g/mol. The molecule has 15 heavy (non-hydrogen) atoms. The van der Waals surface area contributed by atoms with Gasteiger partial charge in [0.1, 0.15) is 5.38 Å². The van der Waals surface area contributed by atoms with Gasteiger partial charge in [0.15, 0.2) is 0 Å². The molecule has 0 aliphatic heterocycles. The Morgan fingerprint density at radius 1 is 1.20 bits per heavy atom. The molecule has 0 fully saturated rings. The summed E-state index contributed by atoms with van der Waals surface area (Å²) in [6, 6.07) is 8.42. The van der Waals surface area contributed by atoms with Gasteiger partial charge in [-0.25, -0.2) is 0 Å². The third-order valence-corrected chi connectivity index (χ3v) is 5.84. The van der Waals surface area contributed by atoms with Crippen LogP contribution in [0.5, 0.6) is 0 Å². The van der Waals surface area contributed by atoms with Crippen LogP contribution in [-0.4, -0.2) is 0 Å². The highest BCUT2D eigenvalue weighted by Crippen LogP contribution is 2.38. The first kappa shape index (κ1) is 11.6. The minimum absolute atomic E-state index is 0.00611. The van der Waals surface area contributed by atoms with Crippen LogP contribution in [0.4, 0.5) is 0 Å². The van der Waals surface area contributed by atoms with Crippen LogP contribution in [0.25, 0.3) is 0 Å². The molecule has 1 atom stereocenters. The smallest absolute Gasteiger partial charge is 0.102 e. The molecule has 0 amide bonds. The van der Waals surface area contributed by atoms with Crippen molar-refractivity contribution in [2.45, 2.75) is 18.7 Å². The molecule has 2 rings (SSSR count). The maximum atomic E-state index is 6.42. The maximum absolute atomic E-state index is 6.42. The third kappa shape index (κ3) is 2.64. The molecular weight excluding hydrogens is 312 g/mol. The molecule has 80 valence electrons. The summed E-state index contributed by atoms with van der Waals surface area (Å²) in [6.45, 7) is 2.17. The Morgan fingerprint density at radius 3 is 2.40 bits per heavy atom. The van der Waals surface area contributed by atoms with E-state index in [4.69, 9.17) is 11.6 Å². The summed E-state index contributed by atoms with van der Waals surface area (Å²) in [5, 5.41) is 0.00611. The largest absolute Gasteiger partial charge is 0.143 e. The fourth-order valence-corrected chi connectivity index (χ4v) is 4.18. The van der Waals surface area contributed by atoms with Crippen LogP contribution in [0.15, 0.2) is 28.1 Å². The van der Waals surface area contributed by atoms with Crippen LogP contribution < -0.4 is 0 Å². The molecule has 0 aliphatic rings. The van der Waals surface area contributed by atoms with Gasteiger partial charge in [-0.2, -0.15) is 0 Å². The van der Waals surface area contributed by atoms with E-state index in [0.717, 1.165) is 10.2 Å². The number of hydrogen-bond acceptors (Lipinski definition) is 2. The monoisotopic (exact) mass is 320 g/mol. The number of thiophene rings is 2. The molecule has 1 unspecified atom stereocenters. The lowest BCUT2D eigenvalue weighted by Crippen LogP contribution is -1.83. The Bertz CT molecular complexity index is 447. The summed E-state index contributed by atoms with van der Waals surface area (Å²) >= 11 is 13.4. The number of aryl methyl sites for hydroxylation is 1. The first-order valence-electron chi connectivity index (χ1n) is 4.68. The zero-order chi connectivity index (χ0) is 10.8. The minimum Gasteiger partial charge on any atom is -0.143 e. The molecular formula is C11H10BrClS2. The predicted molar refractivity (Wildman–Crippen MR) is 73.4 cm³/mol. The molecule has 0 bridgehead atoms. The Morgan fingerprint density at radius 2 is 1.87 bits per heavy atom. The van der Waals surface area contributed by atoms with Crippen molar-refractivity contribution in [3.8, 4) is 0 Å². The first-order valence-corrected chi connectivity index (χ1v) is 7.55.